The largest absolute Gasteiger partial charge is 0.388 e. The SMILES string of the molecule is CCNC(=NCc1nc(C)c(C)s1)NCC1(O)CCC1. The van der Waals surface area contributed by atoms with E-state index in [1.807, 2.05) is 13.8 Å². The number of thiazole rings is 1. The van der Waals surface area contributed by atoms with Gasteiger partial charge in [-0.25, -0.2) is 9.98 Å². The van der Waals surface area contributed by atoms with Crippen LogP contribution in [0.2, 0.25) is 0 Å². The van der Waals surface area contributed by atoms with Gasteiger partial charge in [0.05, 0.1) is 17.8 Å². The molecule has 20 heavy (non-hydrogen) atoms. The van der Waals surface area contributed by atoms with Crippen molar-refractivity contribution in [2.24, 2.45) is 4.99 Å². The smallest absolute Gasteiger partial charge is 0.191 e. The first kappa shape index (κ1) is 15.3. The van der Waals surface area contributed by atoms with Crippen molar-refractivity contribution >= 4 is 17.3 Å². The van der Waals surface area contributed by atoms with E-state index >= 15 is 0 Å². The maximum atomic E-state index is 10.1. The zero-order valence-electron chi connectivity index (χ0n) is 12.5. The molecule has 1 aliphatic rings. The molecule has 112 valence electrons. The van der Waals surface area contributed by atoms with Gasteiger partial charge in [-0.2, -0.15) is 0 Å². The molecule has 3 N–H and O–H groups in total. The first-order valence-corrected chi connectivity index (χ1v) is 8.01. The van der Waals surface area contributed by atoms with E-state index in [-0.39, 0.29) is 0 Å². The summed E-state index contributed by atoms with van der Waals surface area (Å²) in [7, 11) is 0. The van der Waals surface area contributed by atoms with Crippen molar-refractivity contribution in [2.45, 2.75) is 52.2 Å². The molecule has 0 aromatic carbocycles. The van der Waals surface area contributed by atoms with Crippen molar-refractivity contribution in [1.29, 1.82) is 0 Å². The second kappa shape index (κ2) is 6.54. The van der Waals surface area contributed by atoms with E-state index in [2.05, 4.69) is 27.5 Å². The van der Waals surface area contributed by atoms with Crippen molar-refractivity contribution in [2.75, 3.05) is 13.1 Å². The van der Waals surface area contributed by atoms with Crippen LogP contribution >= 0.6 is 11.3 Å². The molecule has 0 atom stereocenters. The quantitative estimate of drug-likeness (QED) is 0.572. The molecule has 1 fully saturated rings. The van der Waals surface area contributed by atoms with Crippen molar-refractivity contribution < 1.29 is 5.11 Å². The molecule has 6 heteroatoms. The van der Waals surface area contributed by atoms with Crippen molar-refractivity contribution in [3.8, 4) is 0 Å². The van der Waals surface area contributed by atoms with Gasteiger partial charge in [-0.1, -0.05) is 0 Å². The molecule has 0 bridgehead atoms. The Hall–Kier alpha value is -1.14. The number of nitrogens with one attached hydrogen (secondary N) is 2. The number of aryl methyl sites for hydroxylation is 2. The van der Waals surface area contributed by atoms with Crippen molar-refractivity contribution in [1.82, 2.24) is 15.6 Å². The maximum Gasteiger partial charge on any atom is 0.191 e. The number of aliphatic imine (C=N–C) groups is 1. The molecule has 5 nitrogen and oxygen atoms in total. The Bertz CT molecular complexity index is 460. The summed E-state index contributed by atoms with van der Waals surface area (Å²) in [5, 5.41) is 17.5. The van der Waals surface area contributed by atoms with Crippen LogP contribution in [-0.4, -0.2) is 34.7 Å². The number of nitrogens with zero attached hydrogens (tertiary/aromatic N) is 2. The van der Waals surface area contributed by atoms with Gasteiger partial charge in [0.25, 0.3) is 0 Å². The van der Waals surface area contributed by atoms with Gasteiger partial charge in [0.15, 0.2) is 5.96 Å². The highest BCUT2D eigenvalue weighted by Gasteiger charge is 2.34. The van der Waals surface area contributed by atoms with Gasteiger partial charge in [0.1, 0.15) is 5.01 Å². The standard InChI is InChI=1S/C14H24N4OS/c1-4-15-13(17-9-14(19)6-5-7-14)16-8-12-18-10(2)11(3)20-12/h19H,4-9H2,1-3H3,(H2,15,16,17). The van der Waals surface area contributed by atoms with E-state index in [9.17, 15) is 5.11 Å². The number of rotatable bonds is 5. The van der Waals surface area contributed by atoms with Gasteiger partial charge in [-0.05, 0) is 40.0 Å². The molecule has 1 aromatic heterocycles. The molecule has 1 aromatic rings. The van der Waals surface area contributed by atoms with Crippen LogP contribution in [0.4, 0.5) is 0 Å². The predicted octanol–water partition coefficient (Wildman–Crippen LogP) is 1.73. The molecule has 1 saturated carbocycles. The molecule has 0 saturated heterocycles. The molecule has 1 aliphatic carbocycles. The second-order valence-electron chi connectivity index (χ2n) is 5.38. The van der Waals surface area contributed by atoms with Gasteiger partial charge in [-0.15, -0.1) is 11.3 Å². The minimum Gasteiger partial charge on any atom is -0.388 e. The van der Waals surface area contributed by atoms with Gasteiger partial charge >= 0.3 is 0 Å². The molecule has 0 amide bonds. The number of aliphatic hydroxyl groups is 1. The summed E-state index contributed by atoms with van der Waals surface area (Å²) in [5.74, 6) is 0.748. The van der Waals surface area contributed by atoms with E-state index in [1.54, 1.807) is 11.3 Å². The van der Waals surface area contributed by atoms with Gasteiger partial charge < -0.3 is 15.7 Å². The number of hydrogen-bond acceptors (Lipinski definition) is 4. The van der Waals surface area contributed by atoms with Crippen LogP contribution in [-0.2, 0) is 6.54 Å². The van der Waals surface area contributed by atoms with Crippen LogP contribution in [0, 0.1) is 13.8 Å². The van der Waals surface area contributed by atoms with Crippen LogP contribution in [0.15, 0.2) is 4.99 Å². The fraction of sp³-hybridized carbons (Fsp3) is 0.714. The molecular formula is C14H24N4OS. The zero-order chi connectivity index (χ0) is 14.6. The lowest BCUT2D eigenvalue weighted by Crippen LogP contribution is -2.50. The Morgan fingerprint density at radius 2 is 2.15 bits per heavy atom. The Balaban J connectivity index is 1.90. The molecular weight excluding hydrogens is 272 g/mol. The minimum absolute atomic E-state index is 0.537. The van der Waals surface area contributed by atoms with Crippen LogP contribution < -0.4 is 10.6 Å². The molecule has 1 heterocycles. The fourth-order valence-corrected chi connectivity index (χ4v) is 2.96. The van der Waals surface area contributed by atoms with E-state index in [0.717, 1.165) is 42.5 Å². The third-order valence-corrected chi connectivity index (χ3v) is 4.72. The van der Waals surface area contributed by atoms with Crippen LogP contribution in [0.3, 0.4) is 0 Å². The topological polar surface area (TPSA) is 69.5 Å². The van der Waals surface area contributed by atoms with Gasteiger partial charge in [0.2, 0.25) is 0 Å². The minimum atomic E-state index is -0.537. The van der Waals surface area contributed by atoms with Crippen molar-refractivity contribution in [3.05, 3.63) is 15.6 Å². The summed E-state index contributed by atoms with van der Waals surface area (Å²) in [6, 6.07) is 0. The maximum absolute atomic E-state index is 10.1. The van der Waals surface area contributed by atoms with Crippen LogP contribution in [0.1, 0.15) is 41.8 Å². The molecule has 0 spiro atoms. The average molecular weight is 296 g/mol. The summed E-state index contributed by atoms with van der Waals surface area (Å²) in [6.45, 7) is 8.08. The first-order valence-electron chi connectivity index (χ1n) is 7.20. The van der Waals surface area contributed by atoms with Crippen LogP contribution in [0.5, 0.6) is 0 Å². The normalized spacial score (nSPS) is 17.7. The monoisotopic (exact) mass is 296 g/mol. The second-order valence-corrected chi connectivity index (χ2v) is 6.66. The summed E-state index contributed by atoms with van der Waals surface area (Å²) in [6.07, 6.45) is 2.87. The highest BCUT2D eigenvalue weighted by Crippen LogP contribution is 2.30. The zero-order valence-corrected chi connectivity index (χ0v) is 13.3. The molecule has 2 rings (SSSR count). The molecule has 0 aliphatic heterocycles. The third kappa shape index (κ3) is 3.93. The lowest BCUT2D eigenvalue weighted by atomic mass is 9.80. The third-order valence-electron chi connectivity index (χ3n) is 3.66. The van der Waals surface area contributed by atoms with Gasteiger partial charge in [0, 0.05) is 18.0 Å². The van der Waals surface area contributed by atoms with E-state index in [4.69, 9.17) is 0 Å². The average Bonchev–Trinajstić information content (AvgIpc) is 2.70. The highest BCUT2D eigenvalue weighted by molar-refractivity contribution is 7.11. The highest BCUT2D eigenvalue weighted by atomic mass is 32.1. The Labute approximate surface area is 124 Å². The predicted molar refractivity (Wildman–Crippen MR) is 83.2 cm³/mol. The van der Waals surface area contributed by atoms with E-state index in [1.165, 1.54) is 4.88 Å². The molecule has 0 radical (unpaired) electrons. The summed E-state index contributed by atoms with van der Waals surface area (Å²) >= 11 is 1.69. The fourth-order valence-electron chi connectivity index (χ4n) is 2.11. The Morgan fingerprint density at radius 3 is 2.65 bits per heavy atom. The van der Waals surface area contributed by atoms with Gasteiger partial charge in [-0.3, -0.25) is 0 Å². The Kier molecular flexibility index (Phi) is 4.99. The number of guanidine groups is 1. The first-order chi connectivity index (χ1) is 9.52. The lowest BCUT2D eigenvalue weighted by molar-refractivity contribution is -0.0279. The molecule has 0 unspecified atom stereocenters. The Morgan fingerprint density at radius 1 is 1.40 bits per heavy atom. The van der Waals surface area contributed by atoms with E-state index < -0.39 is 5.60 Å². The van der Waals surface area contributed by atoms with Crippen LogP contribution in [0.25, 0.3) is 0 Å². The lowest BCUT2D eigenvalue weighted by Gasteiger charge is -2.36. The number of aromatic nitrogens is 1. The summed E-state index contributed by atoms with van der Waals surface area (Å²) < 4.78 is 0. The summed E-state index contributed by atoms with van der Waals surface area (Å²) in [5.41, 5.74) is 0.548. The van der Waals surface area contributed by atoms with E-state index in [0.29, 0.717) is 13.1 Å². The van der Waals surface area contributed by atoms with Crippen molar-refractivity contribution in [3.63, 3.8) is 0 Å². The summed E-state index contributed by atoms with van der Waals surface area (Å²) in [4.78, 5) is 10.3. The number of hydrogen-bond donors (Lipinski definition) is 3.